The number of ether oxygens (including phenoxy) is 1. The second-order valence-electron chi connectivity index (χ2n) is 4.25. The Hall–Kier alpha value is -2.30. The van der Waals surface area contributed by atoms with Gasteiger partial charge < -0.3 is 14.5 Å². The fourth-order valence-corrected chi connectivity index (χ4v) is 1.80. The summed E-state index contributed by atoms with van der Waals surface area (Å²) in [7, 11) is 0. The zero-order valence-electron chi connectivity index (χ0n) is 11.2. The Morgan fingerprint density at radius 1 is 1.32 bits per heavy atom. The molecule has 0 fully saturated rings. The lowest BCUT2D eigenvalue weighted by molar-refractivity contribution is 0.0491. The first-order valence-electron chi connectivity index (χ1n) is 6.06. The summed E-state index contributed by atoms with van der Waals surface area (Å²) in [5.41, 5.74) is 3.15. The molecule has 1 heterocycles. The monoisotopic (exact) mass is 260 g/mol. The van der Waals surface area contributed by atoms with Crippen LogP contribution in [0.5, 0.6) is 0 Å². The summed E-state index contributed by atoms with van der Waals surface area (Å²) in [4.78, 5) is 15.4. The number of aryl methyl sites for hydroxylation is 2. The molecule has 0 atom stereocenters. The first-order valence-corrected chi connectivity index (χ1v) is 6.06. The van der Waals surface area contributed by atoms with Crippen molar-refractivity contribution >= 4 is 17.7 Å². The van der Waals surface area contributed by atoms with Gasteiger partial charge in [-0.2, -0.15) is 0 Å². The molecule has 2 rings (SSSR count). The highest BCUT2D eigenvalue weighted by Crippen LogP contribution is 2.19. The standard InChI is InChI=1S/C14H16N2O3/c1-4-18-13(17)12-8-15-14(19-12)16-11-6-9(2)5-10(3)7-11/h5-8H,4H2,1-3H3,(H,15,16). The van der Waals surface area contributed by atoms with Crippen LogP contribution in [0.1, 0.15) is 28.6 Å². The Morgan fingerprint density at radius 2 is 2.00 bits per heavy atom. The average molecular weight is 260 g/mol. The maximum absolute atomic E-state index is 11.4. The van der Waals surface area contributed by atoms with Gasteiger partial charge in [-0.05, 0) is 44.0 Å². The summed E-state index contributed by atoms with van der Waals surface area (Å²) in [5.74, 6) is -0.419. The lowest BCUT2D eigenvalue weighted by Crippen LogP contribution is -2.02. The van der Waals surface area contributed by atoms with Gasteiger partial charge in [0.1, 0.15) is 0 Å². The van der Waals surface area contributed by atoms with Crippen LogP contribution in [0.4, 0.5) is 11.7 Å². The van der Waals surface area contributed by atoms with Gasteiger partial charge in [-0.15, -0.1) is 0 Å². The highest BCUT2D eigenvalue weighted by atomic mass is 16.5. The van der Waals surface area contributed by atoms with Gasteiger partial charge in [0, 0.05) is 5.69 Å². The molecule has 1 aromatic heterocycles. The molecule has 0 aliphatic carbocycles. The molecule has 0 aliphatic rings. The number of hydrogen-bond donors (Lipinski definition) is 1. The topological polar surface area (TPSA) is 64.4 Å². The molecule has 19 heavy (non-hydrogen) atoms. The fourth-order valence-electron chi connectivity index (χ4n) is 1.80. The quantitative estimate of drug-likeness (QED) is 0.855. The summed E-state index contributed by atoms with van der Waals surface area (Å²) in [6.45, 7) is 6.07. The van der Waals surface area contributed by atoms with E-state index in [-0.39, 0.29) is 11.8 Å². The molecule has 0 spiro atoms. The Kier molecular flexibility index (Phi) is 3.85. The molecule has 2 aromatic rings. The van der Waals surface area contributed by atoms with Crippen molar-refractivity contribution in [3.8, 4) is 0 Å². The van der Waals surface area contributed by atoms with Gasteiger partial charge >= 0.3 is 5.97 Å². The predicted molar refractivity (Wildman–Crippen MR) is 71.7 cm³/mol. The number of carbonyl (C=O) groups excluding carboxylic acids is 1. The van der Waals surface area contributed by atoms with Crippen LogP contribution in [0.3, 0.4) is 0 Å². The maximum Gasteiger partial charge on any atom is 0.376 e. The number of carbonyl (C=O) groups is 1. The molecule has 100 valence electrons. The number of nitrogens with zero attached hydrogens (tertiary/aromatic N) is 1. The molecule has 1 aromatic carbocycles. The van der Waals surface area contributed by atoms with Crippen LogP contribution in [0.2, 0.25) is 0 Å². The number of rotatable bonds is 4. The summed E-state index contributed by atoms with van der Waals surface area (Å²) >= 11 is 0. The van der Waals surface area contributed by atoms with Crippen LogP contribution >= 0.6 is 0 Å². The third-order valence-corrected chi connectivity index (χ3v) is 2.46. The normalized spacial score (nSPS) is 10.3. The van der Waals surface area contributed by atoms with E-state index in [9.17, 15) is 4.79 Å². The van der Waals surface area contributed by atoms with Crippen molar-refractivity contribution in [1.82, 2.24) is 4.98 Å². The van der Waals surface area contributed by atoms with Crippen LogP contribution in [-0.4, -0.2) is 17.6 Å². The van der Waals surface area contributed by atoms with Gasteiger partial charge in [0.05, 0.1) is 12.8 Å². The summed E-state index contributed by atoms with van der Waals surface area (Å²) in [6.07, 6.45) is 1.35. The van der Waals surface area contributed by atoms with Crippen molar-refractivity contribution in [1.29, 1.82) is 0 Å². The lowest BCUT2D eigenvalue weighted by Gasteiger charge is -2.04. The van der Waals surface area contributed by atoms with Crippen molar-refractivity contribution in [2.24, 2.45) is 0 Å². The second kappa shape index (κ2) is 5.56. The largest absolute Gasteiger partial charge is 0.460 e. The van der Waals surface area contributed by atoms with Gasteiger partial charge in [-0.3, -0.25) is 0 Å². The number of aromatic nitrogens is 1. The highest BCUT2D eigenvalue weighted by Gasteiger charge is 2.13. The Bertz CT molecular complexity index is 570. The second-order valence-corrected chi connectivity index (χ2v) is 4.25. The molecular formula is C14H16N2O3. The third kappa shape index (κ3) is 3.34. The molecule has 0 bridgehead atoms. The molecule has 0 radical (unpaired) electrons. The minimum absolute atomic E-state index is 0.0914. The number of nitrogens with one attached hydrogen (secondary N) is 1. The average Bonchev–Trinajstić information content (AvgIpc) is 2.76. The number of hydrogen-bond acceptors (Lipinski definition) is 5. The van der Waals surface area contributed by atoms with Crippen molar-refractivity contribution in [2.75, 3.05) is 11.9 Å². The molecule has 5 nitrogen and oxygen atoms in total. The summed E-state index contributed by atoms with van der Waals surface area (Å²) in [5, 5.41) is 3.02. The minimum atomic E-state index is -0.511. The molecule has 0 saturated carbocycles. The molecular weight excluding hydrogens is 244 g/mol. The number of oxazole rings is 1. The fraction of sp³-hybridized carbons (Fsp3) is 0.286. The maximum atomic E-state index is 11.4. The molecule has 0 unspecified atom stereocenters. The third-order valence-electron chi connectivity index (χ3n) is 2.46. The van der Waals surface area contributed by atoms with E-state index < -0.39 is 5.97 Å². The van der Waals surface area contributed by atoms with Gasteiger partial charge in [0.25, 0.3) is 6.01 Å². The van der Waals surface area contributed by atoms with Crippen molar-refractivity contribution < 1.29 is 13.9 Å². The van der Waals surface area contributed by atoms with Gasteiger partial charge in [-0.25, -0.2) is 9.78 Å². The van der Waals surface area contributed by atoms with Crippen LogP contribution < -0.4 is 5.32 Å². The van der Waals surface area contributed by atoms with Gasteiger partial charge in [-0.1, -0.05) is 6.07 Å². The van der Waals surface area contributed by atoms with Crippen LogP contribution in [0, 0.1) is 13.8 Å². The van der Waals surface area contributed by atoms with E-state index in [1.165, 1.54) is 6.20 Å². The van der Waals surface area contributed by atoms with E-state index in [1.807, 2.05) is 26.0 Å². The van der Waals surface area contributed by atoms with E-state index in [0.29, 0.717) is 6.61 Å². The number of benzene rings is 1. The zero-order chi connectivity index (χ0) is 13.8. The SMILES string of the molecule is CCOC(=O)c1cnc(Nc2cc(C)cc(C)c2)o1. The van der Waals surface area contributed by atoms with Crippen molar-refractivity contribution in [3.63, 3.8) is 0 Å². The Morgan fingerprint density at radius 3 is 2.63 bits per heavy atom. The van der Waals surface area contributed by atoms with E-state index in [4.69, 9.17) is 9.15 Å². The van der Waals surface area contributed by atoms with Gasteiger partial charge in [0.15, 0.2) is 0 Å². The molecule has 0 amide bonds. The first kappa shape index (κ1) is 13.1. The highest BCUT2D eigenvalue weighted by molar-refractivity contribution is 5.86. The van der Waals surface area contributed by atoms with E-state index >= 15 is 0 Å². The van der Waals surface area contributed by atoms with Crippen molar-refractivity contribution in [2.45, 2.75) is 20.8 Å². The molecule has 0 aliphatic heterocycles. The number of esters is 1. The van der Waals surface area contributed by atoms with Crippen LogP contribution in [-0.2, 0) is 4.74 Å². The molecule has 0 saturated heterocycles. The Balaban J connectivity index is 2.13. The predicted octanol–water partition coefficient (Wildman–Crippen LogP) is 3.21. The minimum Gasteiger partial charge on any atom is -0.460 e. The Labute approximate surface area is 111 Å². The van der Waals surface area contributed by atoms with E-state index in [1.54, 1.807) is 6.92 Å². The zero-order valence-corrected chi connectivity index (χ0v) is 11.2. The summed E-state index contributed by atoms with van der Waals surface area (Å²) in [6, 6.07) is 6.29. The van der Waals surface area contributed by atoms with Crippen LogP contribution in [0.15, 0.2) is 28.8 Å². The molecule has 1 N–H and O–H groups in total. The van der Waals surface area contributed by atoms with Crippen LogP contribution in [0.25, 0.3) is 0 Å². The van der Waals surface area contributed by atoms with E-state index in [2.05, 4.69) is 16.4 Å². The van der Waals surface area contributed by atoms with Crippen molar-refractivity contribution in [3.05, 3.63) is 41.3 Å². The number of anilines is 2. The van der Waals surface area contributed by atoms with E-state index in [0.717, 1.165) is 16.8 Å². The first-order chi connectivity index (χ1) is 9.08. The van der Waals surface area contributed by atoms with Gasteiger partial charge in [0.2, 0.25) is 5.76 Å². The lowest BCUT2D eigenvalue weighted by atomic mass is 10.1. The molecule has 5 heteroatoms. The smallest absolute Gasteiger partial charge is 0.376 e. The summed E-state index contributed by atoms with van der Waals surface area (Å²) < 4.78 is 10.1.